The van der Waals surface area contributed by atoms with Gasteiger partial charge in [0.25, 0.3) is 5.91 Å². The first-order valence-electron chi connectivity index (χ1n) is 11.9. The van der Waals surface area contributed by atoms with Gasteiger partial charge in [0.05, 0.1) is 41.5 Å². The van der Waals surface area contributed by atoms with Gasteiger partial charge in [0.1, 0.15) is 11.2 Å². The predicted molar refractivity (Wildman–Crippen MR) is 141 cm³/mol. The van der Waals surface area contributed by atoms with Crippen LogP contribution in [0.2, 0.25) is 5.02 Å². The lowest BCUT2D eigenvalue weighted by Crippen LogP contribution is -2.65. The molecule has 0 saturated carbocycles. The molecule has 0 spiro atoms. The Morgan fingerprint density at radius 3 is 2.39 bits per heavy atom. The number of anilines is 2. The summed E-state index contributed by atoms with van der Waals surface area (Å²) in [5.74, 6) is -2.27. The predicted octanol–water partition coefficient (Wildman–Crippen LogP) is 3.94. The number of carbonyl (C=O) groups is 3. The van der Waals surface area contributed by atoms with Crippen LogP contribution >= 0.6 is 11.6 Å². The molecule has 1 saturated heterocycles. The smallest absolute Gasteiger partial charge is 0.376 e. The average Bonchev–Trinajstić information content (AvgIpc) is 2.89. The van der Waals surface area contributed by atoms with E-state index in [9.17, 15) is 18.8 Å². The van der Waals surface area contributed by atoms with Gasteiger partial charge in [0.2, 0.25) is 11.7 Å². The number of hydrogen-bond donors (Lipinski definition) is 2. The number of benzene rings is 2. The first-order chi connectivity index (χ1) is 18.1. The van der Waals surface area contributed by atoms with Gasteiger partial charge in [-0.3, -0.25) is 9.59 Å². The van der Waals surface area contributed by atoms with Crippen LogP contribution in [0.1, 0.15) is 51.9 Å². The highest BCUT2D eigenvalue weighted by Crippen LogP contribution is 2.42. The third-order valence-corrected chi connectivity index (χ3v) is 6.90. The van der Waals surface area contributed by atoms with E-state index in [4.69, 9.17) is 11.6 Å². The fraction of sp³-hybridized carbons (Fsp3) is 0.296. The molecule has 4 rings (SSSR count). The van der Waals surface area contributed by atoms with E-state index in [1.807, 2.05) is 43.0 Å². The topological polar surface area (TPSA) is 114 Å². The van der Waals surface area contributed by atoms with Crippen LogP contribution < -0.4 is 15.5 Å². The summed E-state index contributed by atoms with van der Waals surface area (Å²) >= 11 is 5.91. The van der Waals surface area contributed by atoms with E-state index in [-0.39, 0.29) is 41.1 Å². The molecule has 1 aromatic heterocycles. The summed E-state index contributed by atoms with van der Waals surface area (Å²) < 4.78 is 19.0. The van der Waals surface area contributed by atoms with Crippen LogP contribution in [-0.2, 0) is 14.9 Å². The lowest BCUT2D eigenvalue weighted by Gasteiger charge is -2.51. The molecular formula is C27H27ClFN5O4. The van der Waals surface area contributed by atoms with Gasteiger partial charge < -0.3 is 20.3 Å². The molecule has 0 radical (unpaired) electrons. The van der Waals surface area contributed by atoms with Crippen LogP contribution in [0.5, 0.6) is 0 Å². The summed E-state index contributed by atoms with van der Waals surface area (Å²) in [6, 6.07) is 9.90. The molecule has 2 amide bonds. The van der Waals surface area contributed by atoms with Gasteiger partial charge in [-0.2, -0.15) is 0 Å². The van der Waals surface area contributed by atoms with Crippen LogP contribution in [0.4, 0.5) is 15.8 Å². The van der Waals surface area contributed by atoms with Crippen molar-refractivity contribution in [3.63, 3.8) is 0 Å². The average molecular weight is 540 g/mol. The van der Waals surface area contributed by atoms with Crippen molar-refractivity contribution in [2.75, 3.05) is 37.5 Å². The summed E-state index contributed by atoms with van der Waals surface area (Å²) in [7, 11) is 2.68. The normalized spacial score (nSPS) is 14.0. The third-order valence-electron chi connectivity index (χ3n) is 6.61. The Balaban J connectivity index is 1.72. The standard InChI is InChI=1S/C27H27ClFN5O4/c1-15(2)17-7-5-6-8-19(17)27(13-34(14-27)16-11-31-23(32-12-16)25(36)38-4)26(37)33-22-10-21(29)20(28)9-18(22)24(35)30-3/h5-12,15H,13-14H2,1-4H3,(H,30,35)(H,33,37). The maximum atomic E-state index is 14.4. The van der Waals surface area contributed by atoms with E-state index < -0.39 is 29.0 Å². The van der Waals surface area contributed by atoms with E-state index in [1.54, 1.807) is 0 Å². The fourth-order valence-electron chi connectivity index (χ4n) is 4.56. The molecule has 1 fully saturated rings. The number of esters is 1. The summed E-state index contributed by atoms with van der Waals surface area (Å²) in [6.45, 7) is 4.60. The Morgan fingerprint density at radius 1 is 1.13 bits per heavy atom. The molecule has 198 valence electrons. The van der Waals surface area contributed by atoms with E-state index in [1.165, 1.54) is 32.6 Å². The number of nitrogens with zero attached hydrogens (tertiary/aromatic N) is 3. The zero-order valence-electron chi connectivity index (χ0n) is 21.3. The van der Waals surface area contributed by atoms with Gasteiger partial charge in [0.15, 0.2) is 0 Å². The van der Waals surface area contributed by atoms with Crippen molar-refractivity contribution >= 4 is 40.8 Å². The van der Waals surface area contributed by atoms with E-state index in [0.717, 1.165) is 17.2 Å². The minimum Gasteiger partial charge on any atom is -0.463 e. The Labute approximate surface area is 224 Å². The molecule has 3 aromatic rings. The molecule has 9 nitrogen and oxygen atoms in total. The number of methoxy groups -OCH3 is 1. The monoisotopic (exact) mass is 539 g/mol. The maximum Gasteiger partial charge on any atom is 0.376 e. The van der Waals surface area contributed by atoms with Crippen molar-refractivity contribution in [3.8, 4) is 0 Å². The van der Waals surface area contributed by atoms with Crippen LogP contribution in [0, 0.1) is 5.82 Å². The van der Waals surface area contributed by atoms with Crippen molar-refractivity contribution in [3.05, 3.63) is 82.1 Å². The fourth-order valence-corrected chi connectivity index (χ4v) is 4.72. The second-order valence-electron chi connectivity index (χ2n) is 9.28. The van der Waals surface area contributed by atoms with Gasteiger partial charge in [-0.15, -0.1) is 0 Å². The van der Waals surface area contributed by atoms with E-state index in [0.29, 0.717) is 5.69 Å². The lowest BCUT2D eigenvalue weighted by atomic mass is 9.69. The van der Waals surface area contributed by atoms with E-state index in [2.05, 4.69) is 25.3 Å². The highest BCUT2D eigenvalue weighted by molar-refractivity contribution is 6.31. The quantitative estimate of drug-likeness (QED) is 0.437. The third kappa shape index (κ3) is 4.91. The molecule has 1 aliphatic heterocycles. The number of ether oxygens (including phenoxy) is 1. The van der Waals surface area contributed by atoms with Gasteiger partial charge in [-0.1, -0.05) is 49.7 Å². The highest BCUT2D eigenvalue weighted by Gasteiger charge is 2.52. The molecular weight excluding hydrogens is 513 g/mol. The number of aromatic nitrogens is 2. The van der Waals surface area contributed by atoms with Crippen LogP contribution in [-0.4, -0.2) is 55.0 Å². The number of nitrogens with one attached hydrogen (secondary N) is 2. The molecule has 2 heterocycles. The Kier molecular flexibility index (Phi) is 7.63. The lowest BCUT2D eigenvalue weighted by molar-refractivity contribution is -0.122. The molecule has 0 aliphatic carbocycles. The maximum absolute atomic E-state index is 14.4. The molecule has 0 atom stereocenters. The first kappa shape index (κ1) is 27.0. The molecule has 0 unspecified atom stereocenters. The second-order valence-corrected chi connectivity index (χ2v) is 9.69. The van der Waals surface area contributed by atoms with Crippen molar-refractivity contribution in [1.82, 2.24) is 15.3 Å². The molecule has 11 heteroatoms. The second kappa shape index (κ2) is 10.7. The van der Waals surface area contributed by atoms with Gasteiger partial charge >= 0.3 is 5.97 Å². The minimum absolute atomic E-state index is 0.0156. The molecule has 1 aliphatic rings. The van der Waals surface area contributed by atoms with Crippen LogP contribution in [0.15, 0.2) is 48.8 Å². The zero-order chi connectivity index (χ0) is 27.6. The Bertz CT molecular complexity index is 1390. The zero-order valence-corrected chi connectivity index (χ0v) is 22.1. The summed E-state index contributed by atoms with van der Waals surface area (Å²) in [5.41, 5.74) is 1.47. The van der Waals surface area contributed by atoms with Gasteiger partial charge in [-0.25, -0.2) is 19.2 Å². The summed E-state index contributed by atoms with van der Waals surface area (Å²) in [4.78, 5) is 48.2. The Hall–Kier alpha value is -4.05. The number of rotatable bonds is 7. The molecule has 2 aromatic carbocycles. The highest BCUT2D eigenvalue weighted by atomic mass is 35.5. The van der Waals surface area contributed by atoms with Crippen molar-refractivity contribution in [1.29, 1.82) is 0 Å². The molecule has 38 heavy (non-hydrogen) atoms. The summed E-state index contributed by atoms with van der Waals surface area (Å²) in [5, 5.41) is 5.04. The summed E-state index contributed by atoms with van der Waals surface area (Å²) in [6.07, 6.45) is 2.99. The largest absolute Gasteiger partial charge is 0.463 e. The number of halogens is 2. The Morgan fingerprint density at radius 2 is 1.79 bits per heavy atom. The van der Waals surface area contributed by atoms with Gasteiger partial charge in [0, 0.05) is 20.1 Å². The van der Waals surface area contributed by atoms with E-state index >= 15 is 0 Å². The van der Waals surface area contributed by atoms with Crippen LogP contribution in [0.3, 0.4) is 0 Å². The molecule has 0 bridgehead atoms. The number of amides is 2. The SMILES string of the molecule is CNC(=O)c1cc(Cl)c(F)cc1NC(=O)C1(c2ccccc2C(C)C)CN(c2cnc(C(=O)OC)nc2)C1. The van der Waals surface area contributed by atoms with Crippen LogP contribution in [0.25, 0.3) is 0 Å². The minimum atomic E-state index is -1.03. The molecule has 2 N–H and O–H groups in total. The van der Waals surface area contributed by atoms with Crippen molar-refractivity contribution in [2.24, 2.45) is 0 Å². The number of hydrogen-bond acceptors (Lipinski definition) is 7. The van der Waals surface area contributed by atoms with Gasteiger partial charge in [-0.05, 0) is 29.2 Å². The van der Waals surface area contributed by atoms with Crippen molar-refractivity contribution in [2.45, 2.75) is 25.2 Å². The van der Waals surface area contributed by atoms with Crippen molar-refractivity contribution < 1.29 is 23.5 Å². The first-order valence-corrected chi connectivity index (χ1v) is 12.3. The number of carbonyl (C=O) groups excluding carboxylic acids is 3.